The number of hydrogen-bond acceptors (Lipinski definition) is 3. The Labute approximate surface area is 145 Å². The van der Waals surface area contributed by atoms with Gasteiger partial charge in [0.1, 0.15) is 5.75 Å². The van der Waals surface area contributed by atoms with E-state index in [-0.39, 0.29) is 5.91 Å². The van der Waals surface area contributed by atoms with Crippen LogP contribution < -0.4 is 10.1 Å². The monoisotopic (exact) mass is 340 g/mol. The molecule has 0 radical (unpaired) electrons. The molecular formula is C19H17ClN2O2. The first-order chi connectivity index (χ1) is 11.6. The summed E-state index contributed by atoms with van der Waals surface area (Å²) in [6.07, 6.45) is 1.06. The molecule has 2 aromatic carbocycles. The lowest BCUT2D eigenvalue weighted by molar-refractivity contribution is -0.122. The lowest BCUT2D eigenvalue weighted by atomic mass is 10.1. The molecule has 0 aliphatic carbocycles. The van der Waals surface area contributed by atoms with E-state index < -0.39 is 6.10 Å². The third kappa shape index (κ3) is 3.34. The molecule has 3 rings (SSSR count). The number of nitrogens with zero attached hydrogens (tertiary/aromatic N) is 1. The van der Waals surface area contributed by atoms with Crippen molar-refractivity contribution < 1.29 is 9.53 Å². The molecule has 0 spiro atoms. The van der Waals surface area contributed by atoms with Crippen molar-refractivity contribution in [3.63, 3.8) is 0 Å². The quantitative estimate of drug-likeness (QED) is 0.755. The lowest BCUT2D eigenvalue weighted by Crippen LogP contribution is -2.30. The van der Waals surface area contributed by atoms with Gasteiger partial charge in [-0.2, -0.15) is 0 Å². The summed E-state index contributed by atoms with van der Waals surface area (Å²) in [4.78, 5) is 16.8. The molecule has 0 aliphatic rings. The number of benzene rings is 2. The fourth-order valence-electron chi connectivity index (χ4n) is 2.44. The largest absolute Gasteiger partial charge is 0.479 e. The van der Waals surface area contributed by atoms with Gasteiger partial charge in [-0.1, -0.05) is 29.8 Å². The summed E-state index contributed by atoms with van der Waals surface area (Å²) in [5, 5.41) is 4.28. The van der Waals surface area contributed by atoms with Gasteiger partial charge in [-0.3, -0.25) is 9.78 Å². The minimum Gasteiger partial charge on any atom is -0.479 e. The first-order valence-electron chi connectivity index (χ1n) is 7.62. The van der Waals surface area contributed by atoms with E-state index in [1.807, 2.05) is 43.3 Å². The van der Waals surface area contributed by atoms with Crippen LogP contribution in [0.4, 0.5) is 5.69 Å². The summed E-state index contributed by atoms with van der Waals surface area (Å²) in [5.74, 6) is 0.237. The van der Waals surface area contributed by atoms with Gasteiger partial charge in [0.05, 0.1) is 16.2 Å². The maximum Gasteiger partial charge on any atom is 0.265 e. The minimum absolute atomic E-state index is 0.246. The summed E-state index contributed by atoms with van der Waals surface area (Å²) in [6.45, 7) is 3.68. The average Bonchev–Trinajstić information content (AvgIpc) is 2.59. The lowest BCUT2D eigenvalue weighted by Gasteiger charge is -2.16. The van der Waals surface area contributed by atoms with Gasteiger partial charge in [0.25, 0.3) is 5.91 Å². The number of halogens is 1. The summed E-state index contributed by atoms with van der Waals surface area (Å²) in [6, 6.07) is 14.7. The van der Waals surface area contributed by atoms with Gasteiger partial charge in [-0.25, -0.2) is 0 Å². The molecule has 1 unspecified atom stereocenters. The molecule has 0 aliphatic heterocycles. The molecule has 1 aromatic heterocycles. The zero-order chi connectivity index (χ0) is 17.1. The SMILES string of the molecule is Cc1ccc(NC(=O)C(C)Oc2ccccc2Cl)c2cccnc12. The van der Waals surface area contributed by atoms with Crippen LogP contribution in [-0.2, 0) is 4.79 Å². The first-order valence-corrected chi connectivity index (χ1v) is 8.00. The second-order valence-corrected chi connectivity index (χ2v) is 5.92. The molecule has 3 aromatic rings. The number of nitrogens with one attached hydrogen (secondary N) is 1. The third-order valence-electron chi connectivity index (χ3n) is 3.74. The van der Waals surface area contributed by atoms with Crippen molar-refractivity contribution in [3.8, 4) is 5.75 Å². The zero-order valence-electron chi connectivity index (χ0n) is 13.4. The maximum atomic E-state index is 12.5. The summed E-state index contributed by atoms with van der Waals surface area (Å²) in [5.41, 5.74) is 2.64. The smallest absolute Gasteiger partial charge is 0.265 e. The van der Waals surface area contributed by atoms with Crippen molar-refractivity contribution in [3.05, 3.63) is 65.3 Å². The summed E-state index contributed by atoms with van der Waals surface area (Å²) < 4.78 is 5.66. The van der Waals surface area contributed by atoms with E-state index in [1.54, 1.807) is 25.3 Å². The van der Waals surface area contributed by atoms with Crippen LogP contribution in [0.15, 0.2) is 54.7 Å². The van der Waals surface area contributed by atoms with Crippen LogP contribution in [0.2, 0.25) is 5.02 Å². The molecule has 1 amide bonds. The zero-order valence-corrected chi connectivity index (χ0v) is 14.2. The van der Waals surface area contributed by atoms with Gasteiger partial charge in [0.15, 0.2) is 6.10 Å². The van der Waals surface area contributed by atoms with Gasteiger partial charge < -0.3 is 10.1 Å². The molecule has 0 fully saturated rings. The molecule has 0 saturated carbocycles. The number of carbonyl (C=O) groups is 1. The highest BCUT2D eigenvalue weighted by molar-refractivity contribution is 6.32. The molecule has 24 heavy (non-hydrogen) atoms. The van der Waals surface area contributed by atoms with Crippen molar-refractivity contribution in [2.24, 2.45) is 0 Å². The van der Waals surface area contributed by atoms with Crippen molar-refractivity contribution >= 4 is 34.1 Å². The van der Waals surface area contributed by atoms with Crippen LogP contribution in [0.25, 0.3) is 10.9 Å². The van der Waals surface area contributed by atoms with Crippen molar-refractivity contribution in [2.75, 3.05) is 5.32 Å². The molecular weight excluding hydrogens is 324 g/mol. The highest BCUT2D eigenvalue weighted by Gasteiger charge is 2.17. The Kier molecular flexibility index (Phi) is 4.67. The number of carbonyl (C=O) groups excluding carboxylic acids is 1. The number of aryl methyl sites for hydroxylation is 1. The number of amides is 1. The predicted octanol–water partition coefficient (Wildman–Crippen LogP) is 4.60. The van der Waals surface area contributed by atoms with E-state index in [9.17, 15) is 4.79 Å². The second-order valence-electron chi connectivity index (χ2n) is 5.51. The molecule has 1 N–H and O–H groups in total. The van der Waals surface area contributed by atoms with Crippen LogP contribution in [0.5, 0.6) is 5.75 Å². The Morgan fingerprint density at radius 3 is 2.75 bits per heavy atom. The second kappa shape index (κ2) is 6.89. The van der Waals surface area contributed by atoms with Crippen LogP contribution in [0.1, 0.15) is 12.5 Å². The number of anilines is 1. The number of ether oxygens (including phenoxy) is 1. The first kappa shape index (κ1) is 16.3. The van der Waals surface area contributed by atoms with Crippen LogP contribution in [0.3, 0.4) is 0 Å². The van der Waals surface area contributed by atoms with Crippen molar-refractivity contribution in [1.82, 2.24) is 4.98 Å². The number of aromatic nitrogens is 1. The topological polar surface area (TPSA) is 51.2 Å². The fraction of sp³-hybridized carbons (Fsp3) is 0.158. The molecule has 5 heteroatoms. The van der Waals surface area contributed by atoms with Gasteiger partial charge >= 0.3 is 0 Å². The Bertz CT molecular complexity index is 895. The van der Waals surface area contributed by atoms with Crippen LogP contribution in [0, 0.1) is 6.92 Å². The van der Waals surface area contributed by atoms with E-state index in [0.29, 0.717) is 16.5 Å². The van der Waals surface area contributed by atoms with Gasteiger partial charge in [-0.05, 0) is 49.7 Å². The van der Waals surface area contributed by atoms with E-state index in [1.165, 1.54) is 0 Å². The minimum atomic E-state index is -0.682. The molecule has 0 saturated heterocycles. The molecule has 0 bridgehead atoms. The standard InChI is InChI=1S/C19H17ClN2O2/c1-12-9-10-16(14-6-5-11-21-18(12)14)22-19(23)13(2)24-17-8-4-3-7-15(17)20/h3-11,13H,1-2H3,(H,22,23). The molecule has 1 atom stereocenters. The Morgan fingerprint density at radius 2 is 1.96 bits per heavy atom. The Balaban J connectivity index is 1.80. The average molecular weight is 341 g/mol. The highest BCUT2D eigenvalue weighted by Crippen LogP contribution is 2.26. The van der Waals surface area contributed by atoms with E-state index >= 15 is 0 Å². The predicted molar refractivity (Wildman–Crippen MR) is 96.7 cm³/mol. The third-order valence-corrected chi connectivity index (χ3v) is 4.05. The maximum absolute atomic E-state index is 12.5. The molecule has 1 heterocycles. The number of hydrogen-bond donors (Lipinski definition) is 1. The number of fused-ring (bicyclic) bond motifs is 1. The van der Waals surface area contributed by atoms with Crippen LogP contribution >= 0.6 is 11.6 Å². The normalized spacial score (nSPS) is 12.0. The molecule has 122 valence electrons. The van der Waals surface area contributed by atoms with Crippen LogP contribution in [-0.4, -0.2) is 17.0 Å². The van der Waals surface area contributed by atoms with E-state index in [2.05, 4.69) is 10.3 Å². The summed E-state index contributed by atoms with van der Waals surface area (Å²) >= 11 is 6.06. The van der Waals surface area contributed by atoms with Crippen molar-refractivity contribution in [1.29, 1.82) is 0 Å². The number of pyridine rings is 1. The van der Waals surface area contributed by atoms with Gasteiger partial charge in [0, 0.05) is 11.6 Å². The highest BCUT2D eigenvalue weighted by atomic mass is 35.5. The summed E-state index contributed by atoms with van der Waals surface area (Å²) in [7, 11) is 0. The Morgan fingerprint density at radius 1 is 1.17 bits per heavy atom. The van der Waals surface area contributed by atoms with Gasteiger partial charge in [0.2, 0.25) is 0 Å². The van der Waals surface area contributed by atoms with E-state index in [0.717, 1.165) is 16.5 Å². The molecule has 4 nitrogen and oxygen atoms in total. The van der Waals surface area contributed by atoms with Gasteiger partial charge in [-0.15, -0.1) is 0 Å². The Hall–Kier alpha value is -2.59. The number of rotatable bonds is 4. The van der Waals surface area contributed by atoms with E-state index in [4.69, 9.17) is 16.3 Å². The fourth-order valence-corrected chi connectivity index (χ4v) is 2.62. The number of para-hydroxylation sites is 1. The van der Waals surface area contributed by atoms with Crippen molar-refractivity contribution in [2.45, 2.75) is 20.0 Å².